The molecule has 0 aromatic heterocycles. The van der Waals surface area contributed by atoms with Crippen LogP contribution in [0.25, 0.3) is 11.1 Å². The third-order valence-corrected chi connectivity index (χ3v) is 17.4. The molecule has 526 valence electrons. The second-order valence-electron chi connectivity index (χ2n) is 31.9. The van der Waals surface area contributed by atoms with Crippen LogP contribution in [-0.2, 0) is 69.6 Å². The summed E-state index contributed by atoms with van der Waals surface area (Å²) in [7, 11) is 0. The maximum atomic E-state index is 13.6. The zero-order valence-corrected chi connectivity index (χ0v) is 62.7. The summed E-state index contributed by atoms with van der Waals surface area (Å²) < 4.78 is 37.6. The lowest BCUT2D eigenvalue weighted by atomic mass is 9.78. The van der Waals surface area contributed by atoms with Crippen molar-refractivity contribution in [3.63, 3.8) is 0 Å². The summed E-state index contributed by atoms with van der Waals surface area (Å²) in [5.41, 5.74) is 14.4. The van der Waals surface area contributed by atoms with Crippen LogP contribution in [0.5, 0.6) is 11.5 Å². The van der Waals surface area contributed by atoms with Crippen molar-refractivity contribution in [1.29, 1.82) is 0 Å². The predicted octanol–water partition coefficient (Wildman–Crippen LogP) is 19.8. The van der Waals surface area contributed by atoms with E-state index in [0.29, 0.717) is 57.1 Å². The van der Waals surface area contributed by atoms with Crippen molar-refractivity contribution in [2.24, 2.45) is 0 Å². The van der Waals surface area contributed by atoms with Crippen LogP contribution >= 0.6 is 0 Å². The van der Waals surface area contributed by atoms with Crippen molar-refractivity contribution in [2.45, 2.75) is 204 Å². The summed E-state index contributed by atoms with van der Waals surface area (Å²) in [6, 6.07) is 55.7. The van der Waals surface area contributed by atoms with Crippen LogP contribution < -0.4 is 19.3 Å². The Labute approximate surface area is 590 Å². The molecule has 0 unspecified atom stereocenters. The molecule has 0 N–H and O–H groups in total. The number of ether oxygens (including phenoxy) is 6. The number of hydrogen-bond donors (Lipinski definition) is 0. The third-order valence-electron chi connectivity index (χ3n) is 17.4. The van der Waals surface area contributed by atoms with Crippen molar-refractivity contribution in [1.82, 2.24) is 0 Å². The quantitative estimate of drug-likeness (QED) is 0.0261. The number of allylic oxidation sites excluding steroid dienone is 1. The Hall–Kier alpha value is -8.97. The van der Waals surface area contributed by atoms with Crippen molar-refractivity contribution in [3.8, 4) is 11.5 Å². The van der Waals surface area contributed by atoms with Crippen molar-refractivity contribution in [2.75, 3.05) is 49.2 Å². The highest BCUT2D eigenvalue weighted by molar-refractivity contribution is 6.38. The number of aryl methyl sites for hydroxylation is 2. The highest BCUT2D eigenvalue weighted by Crippen LogP contribution is 2.46. The largest absolute Gasteiger partial charge is 0.514 e. The average molecular weight is 1340 g/mol. The molecular weight excluding hydrogens is 1230 g/mol. The Bertz CT molecular complexity index is 3770. The van der Waals surface area contributed by atoms with Gasteiger partial charge in [-0.15, -0.1) is 0 Å². The van der Waals surface area contributed by atoms with E-state index < -0.39 is 23.5 Å². The van der Waals surface area contributed by atoms with E-state index in [0.717, 1.165) is 89.6 Å². The molecule has 1 aliphatic heterocycles. The van der Waals surface area contributed by atoms with Gasteiger partial charge >= 0.3 is 24.2 Å². The van der Waals surface area contributed by atoms with E-state index in [1.807, 2.05) is 65.8 Å². The molecule has 0 bridgehead atoms. The number of hydrogen-bond acceptors (Lipinski definition) is 12. The average Bonchev–Trinajstić information content (AvgIpc) is 1.61. The molecule has 7 aromatic rings. The maximum absolute atomic E-state index is 13.6. The number of carbonyl (C=O) groups is 4. The van der Waals surface area contributed by atoms with Gasteiger partial charge in [0.15, 0.2) is 6.54 Å². The molecule has 7 aromatic carbocycles. The lowest BCUT2D eigenvalue weighted by molar-refractivity contribution is -0.453. The highest BCUT2D eigenvalue weighted by atomic mass is 16.7. The first-order chi connectivity index (χ1) is 46.4. The molecule has 0 atom stereocenters. The molecule has 0 spiro atoms. The fourth-order valence-corrected chi connectivity index (χ4v) is 12.5. The number of anilines is 2. The second kappa shape index (κ2) is 31.5. The van der Waals surface area contributed by atoms with Crippen molar-refractivity contribution < 1.29 is 52.2 Å². The Kier molecular flexibility index (Phi) is 24.1. The number of nitrogens with zero attached hydrogens (tertiary/aromatic N) is 3. The van der Waals surface area contributed by atoms with E-state index in [4.69, 9.17) is 28.4 Å². The van der Waals surface area contributed by atoms with E-state index in [-0.39, 0.29) is 59.7 Å². The van der Waals surface area contributed by atoms with Gasteiger partial charge in [0.05, 0.1) is 24.2 Å². The Morgan fingerprint density at radius 3 is 1.15 bits per heavy atom. The van der Waals surface area contributed by atoms with Gasteiger partial charge < -0.3 is 38.2 Å². The number of fused-ring (bicyclic) bond motifs is 1. The van der Waals surface area contributed by atoms with Crippen molar-refractivity contribution in [3.05, 3.63) is 219 Å². The Balaban J connectivity index is 1.03. The number of benzene rings is 7. The maximum Gasteiger partial charge on any atom is 0.514 e. The van der Waals surface area contributed by atoms with E-state index in [1.54, 1.807) is 0 Å². The number of esters is 2. The van der Waals surface area contributed by atoms with Crippen LogP contribution in [0.4, 0.5) is 26.7 Å². The third kappa shape index (κ3) is 20.4. The smallest absolute Gasteiger partial charge is 0.464 e. The minimum Gasteiger partial charge on any atom is -0.464 e. The van der Waals surface area contributed by atoms with Gasteiger partial charge in [0, 0.05) is 82.3 Å². The van der Waals surface area contributed by atoms with Gasteiger partial charge in [-0.1, -0.05) is 192 Å². The first-order valence-corrected chi connectivity index (χ1v) is 35.2. The van der Waals surface area contributed by atoms with E-state index >= 15 is 0 Å². The first-order valence-electron chi connectivity index (χ1n) is 35.2. The Morgan fingerprint density at radius 2 is 0.788 bits per heavy atom. The number of likely N-dealkylation sites (N-methyl/N-ethyl adjacent to an activating group) is 2. The van der Waals surface area contributed by atoms with E-state index in [9.17, 15) is 19.2 Å². The summed E-state index contributed by atoms with van der Waals surface area (Å²) >= 11 is 0. The van der Waals surface area contributed by atoms with Crippen LogP contribution in [0.3, 0.4) is 0 Å². The minimum atomic E-state index is -0.751. The van der Waals surface area contributed by atoms with Gasteiger partial charge in [0.2, 0.25) is 11.4 Å². The minimum absolute atomic E-state index is 0.187. The molecule has 13 heteroatoms. The Morgan fingerprint density at radius 1 is 0.424 bits per heavy atom. The SMILES string of the molecule is CCN(CCOC(=O)CCc1cc(C(C)(C)C)c(OC(=O)OC(C)(C)C)c(C(C)(C)C)c1)c1ccc(C(=C2C(c3ccccc3)=[N+](Cc3ccccc3)c3ccccc32)c2ccc(N(CC)CCOC(=O)CCc3cc(C(C)(C)C)c(OC(=O)OC(C)(C)C)c(C(C)(C)C)c3)cc2)cc1. The van der Waals surface area contributed by atoms with Crippen LogP contribution in [-0.4, -0.2) is 85.1 Å². The molecule has 1 aliphatic rings. The number of para-hydroxylation sites is 1. The summed E-state index contributed by atoms with van der Waals surface area (Å²) in [5.74, 6) is 0.428. The summed E-state index contributed by atoms with van der Waals surface area (Å²) in [5, 5.41) is 0. The van der Waals surface area contributed by atoms with Gasteiger partial charge in [-0.05, 0) is 155 Å². The van der Waals surface area contributed by atoms with Gasteiger partial charge in [-0.3, -0.25) is 9.59 Å². The first kappa shape index (κ1) is 75.8. The molecule has 0 radical (unpaired) electrons. The van der Waals surface area contributed by atoms with Crippen LogP contribution in [0.2, 0.25) is 0 Å². The molecular formula is C86H108N3O10+. The van der Waals surface area contributed by atoms with E-state index in [1.165, 1.54) is 5.56 Å². The summed E-state index contributed by atoms with van der Waals surface area (Å²) in [4.78, 5) is 57.8. The topological polar surface area (TPSA) is 133 Å². The summed E-state index contributed by atoms with van der Waals surface area (Å²) in [6.45, 7) is 43.6. The fraction of sp³-hybridized carbons (Fsp3) is 0.430. The lowest BCUT2D eigenvalue weighted by Crippen LogP contribution is -2.28. The van der Waals surface area contributed by atoms with Gasteiger partial charge in [-0.25, -0.2) is 9.59 Å². The zero-order valence-electron chi connectivity index (χ0n) is 62.7. The number of carbonyl (C=O) groups excluding carboxylic acids is 4. The zero-order chi connectivity index (χ0) is 72.4. The standard InChI is InChI=1S/C86H108N3O10/c1-21-87(49-51-94-72(90)47-37-59-53-67(81(3,4)5)77(68(54-59)82(6,7)8)96-79(92)98-85(15,16)17)64-43-39-61(40-44-64)74(75-66-35-29-30-36-71(66)89(57-58-31-25-23-26-32-58)76(75)63-33-27-24-28-34-63)62-41-45-65(46-42-62)88(22-2)50-52-95-73(91)48-38-60-55-69(83(9,10)11)78(70(56-60)84(12,13)14)97-80(93)99-86(18,19)20/h23-36,39-46,53-56H,21-22,37-38,47-52,57H2,1-20H3/q+1. The molecule has 0 aliphatic carbocycles. The van der Waals surface area contributed by atoms with Crippen LogP contribution in [0.1, 0.15) is 213 Å². The molecule has 0 saturated carbocycles. The highest BCUT2D eigenvalue weighted by Gasteiger charge is 2.39. The molecule has 1 heterocycles. The second-order valence-corrected chi connectivity index (χ2v) is 31.9. The van der Waals surface area contributed by atoms with E-state index in [2.05, 4.69) is 245 Å². The number of rotatable bonds is 23. The van der Waals surface area contributed by atoms with Crippen LogP contribution in [0, 0.1) is 0 Å². The normalized spacial score (nSPS) is 12.8. The summed E-state index contributed by atoms with van der Waals surface area (Å²) in [6.07, 6.45) is -0.212. The van der Waals surface area contributed by atoms with Crippen molar-refractivity contribution >= 4 is 58.2 Å². The molecule has 8 rings (SSSR count). The monoisotopic (exact) mass is 1340 g/mol. The lowest BCUT2D eigenvalue weighted by Gasteiger charge is -2.30. The van der Waals surface area contributed by atoms with Gasteiger partial charge in [0.25, 0.3) is 0 Å². The molecule has 0 saturated heterocycles. The fourth-order valence-electron chi connectivity index (χ4n) is 12.5. The van der Waals surface area contributed by atoms with Gasteiger partial charge in [-0.2, -0.15) is 4.58 Å². The molecule has 99 heavy (non-hydrogen) atoms. The van der Waals surface area contributed by atoms with Crippen LogP contribution in [0.15, 0.2) is 158 Å². The molecule has 13 nitrogen and oxygen atoms in total. The molecule has 0 amide bonds. The molecule has 0 fully saturated rings. The predicted molar refractivity (Wildman–Crippen MR) is 402 cm³/mol. The van der Waals surface area contributed by atoms with Gasteiger partial charge in [0.1, 0.15) is 35.9 Å².